The molecule has 10 heteroatoms. The molecule has 0 spiro atoms. The number of nitrogens with zero attached hydrogens (tertiary/aromatic N) is 4. The number of carbonyl (C=O) groups excluding carboxylic acids is 1. The van der Waals surface area contributed by atoms with Crippen molar-refractivity contribution in [2.24, 2.45) is 0 Å². The minimum absolute atomic E-state index is 0.178. The zero-order valence-corrected chi connectivity index (χ0v) is 15.1. The molecular formula is C17H15F2N5O2S. The predicted octanol–water partition coefficient (Wildman–Crippen LogP) is 2.21. The van der Waals surface area contributed by atoms with Gasteiger partial charge in [0.1, 0.15) is 23.4 Å². The molecule has 0 radical (unpaired) electrons. The van der Waals surface area contributed by atoms with E-state index in [2.05, 4.69) is 15.4 Å². The maximum absolute atomic E-state index is 14.0. The highest BCUT2D eigenvalue weighted by Crippen LogP contribution is 2.29. The molecule has 7 nitrogen and oxygen atoms in total. The first-order valence-electron chi connectivity index (χ1n) is 8.39. The number of hydrogen-bond donors (Lipinski definition) is 1. The highest BCUT2D eigenvalue weighted by molar-refractivity contribution is 7.20. The van der Waals surface area contributed by atoms with Gasteiger partial charge in [-0.25, -0.2) is 13.8 Å². The zero-order valence-electron chi connectivity index (χ0n) is 14.3. The van der Waals surface area contributed by atoms with Crippen LogP contribution in [0.1, 0.15) is 19.0 Å². The number of carbonyl (C=O) groups is 1. The Hall–Kier alpha value is -2.88. The van der Waals surface area contributed by atoms with Gasteiger partial charge >= 0.3 is 0 Å². The van der Waals surface area contributed by atoms with Crippen molar-refractivity contribution in [1.29, 1.82) is 0 Å². The van der Waals surface area contributed by atoms with Crippen molar-refractivity contribution in [3.63, 3.8) is 0 Å². The molecule has 1 aromatic carbocycles. The Morgan fingerprint density at radius 3 is 2.74 bits per heavy atom. The number of halogens is 2. The quantitative estimate of drug-likeness (QED) is 0.738. The van der Waals surface area contributed by atoms with Crippen LogP contribution in [0.2, 0.25) is 0 Å². The van der Waals surface area contributed by atoms with E-state index in [-0.39, 0.29) is 17.8 Å². The van der Waals surface area contributed by atoms with Gasteiger partial charge in [0, 0.05) is 18.3 Å². The van der Waals surface area contributed by atoms with Gasteiger partial charge in [-0.3, -0.25) is 9.59 Å². The first-order valence-corrected chi connectivity index (χ1v) is 9.21. The Balaban J connectivity index is 1.59. The van der Waals surface area contributed by atoms with Crippen molar-refractivity contribution in [3.05, 3.63) is 51.9 Å². The number of amides is 1. The predicted molar refractivity (Wildman–Crippen MR) is 97.3 cm³/mol. The molecule has 0 aliphatic carbocycles. The Labute approximate surface area is 156 Å². The molecule has 1 aliphatic heterocycles. The number of nitrogens with one attached hydrogen (secondary N) is 1. The molecule has 0 bridgehead atoms. The van der Waals surface area contributed by atoms with Gasteiger partial charge in [-0.2, -0.15) is 4.52 Å². The fraction of sp³-hybridized carbons (Fsp3) is 0.294. The molecule has 140 valence electrons. The summed E-state index contributed by atoms with van der Waals surface area (Å²) in [5, 5.41) is 7.45. The maximum atomic E-state index is 14.0. The summed E-state index contributed by atoms with van der Waals surface area (Å²) >= 11 is 1.14. The van der Waals surface area contributed by atoms with E-state index in [4.69, 9.17) is 0 Å². The third-order valence-corrected chi connectivity index (χ3v) is 5.21. The highest BCUT2D eigenvalue weighted by Gasteiger charge is 2.35. The van der Waals surface area contributed by atoms with E-state index in [1.165, 1.54) is 16.6 Å². The van der Waals surface area contributed by atoms with Crippen molar-refractivity contribution < 1.29 is 13.6 Å². The number of anilines is 2. The van der Waals surface area contributed by atoms with Gasteiger partial charge in [0.05, 0.1) is 0 Å². The van der Waals surface area contributed by atoms with E-state index >= 15 is 0 Å². The summed E-state index contributed by atoms with van der Waals surface area (Å²) in [6.45, 7) is 2.07. The molecule has 1 amide bonds. The Bertz CT molecular complexity index is 1080. The topological polar surface area (TPSA) is 79.6 Å². The van der Waals surface area contributed by atoms with Crippen LogP contribution >= 0.6 is 11.3 Å². The molecule has 1 atom stereocenters. The molecule has 27 heavy (non-hydrogen) atoms. The van der Waals surface area contributed by atoms with Gasteiger partial charge in [-0.05, 0) is 25.0 Å². The van der Waals surface area contributed by atoms with Crippen LogP contribution in [-0.4, -0.2) is 33.1 Å². The van der Waals surface area contributed by atoms with E-state index in [1.54, 1.807) is 0 Å². The molecule has 1 saturated heterocycles. The second kappa shape index (κ2) is 6.69. The standard InChI is InChI=1S/C17H15F2N5O2S/c1-2-9-8-13(25)24-17(20-9)27-16(22-24)21-12-6-7-23(15(12)26)14-10(18)4-3-5-11(14)19/h3-5,8,12H,2,6-7H2,1H3,(H,21,22). The van der Waals surface area contributed by atoms with E-state index in [9.17, 15) is 18.4 Å². The molecule has 4 rings (SSSR count). The lowest BCUT2D eigenvalue weighted by Gasteiger charge is -2.18. The molecule has 2 aromatic heterocycles. The summed E-state index contributed by atoms with van der Waals surface area (Å²) in [5.74, 6) is -2.02. The fourth-order valence-electron chi connectivity index (χ4n) is 3.03. The fourth-order valence-corrected chi connectivity index (χ4v) is 3.90. The van der Waals surface area contributed by atoms with Crippen molar-refractivity contribution in [2.45, 2.75) is 25.8 Å². The maximum Gasteiger partial charge on any atom is 0.275 e. The van der Waals surface area contributed by atoms with Crippen LogP contribution in [0.4, 0.5) is 19.6 Å². The molecule has 1 N–H and O–H groups in total. The summed E-state index contributed by atoms with van der Waals surface area (Å²) < 4.78 is 29.1. The average Bonchev–Trinajstić information content (AvgIpc) is 3.20. The first kappa shape index (κ1) is 17.5. The van der Waals surface area contributed by atoms with Crippen LogP contribution in [0.3, 0.4) is 0 Å². The minimum atomic E-state index is -0.785. The highest BCUT2D eigenvalue weighted by atomic mass is 32.1. The van der Waals surface area contributed by atoms with Crippen LogP contribution in [-0.2, 0) is 11.2 Å². The number of fused-ring (bicyclic) bond motifs is 1. The van der Waals surface area contributed by atoms with E-state index in [0.29, 0.717) is 28.6 Å². The Morgan fingerprint density at radius 1 is 1.30 bits per heavy atom. The lowest BCUT2D eigenvalue weighted by molar-refractivity contribution is -0.117. The van der Waals surface area contributed by atoms with Crippen LogP contribution in [0.25, 0.3) is 4.96 Å². The number of aromatic nitrogens is 3. The number of rotatable bonds is 4. The van der Waals surface area contributed by atoms with Crippen LogP contribution in [0.5, 0.6) is 0 Å². The van der Waals surface area contributed by atoms with Crippen LogP contribution in [0, 0.1) is 11.6 Å². The van der Waals surface area contributed by atoms with Gasteiger partial charge in [0.25, 0.3) is 5.56 Å². The smallest absolute Gasteiger partial charge is 0.275 e. The van der Waals surface area contributed by atoms with Gasteiger partial charge in [0.2, 0.25) is 16.0 Å². The summed E-state index contributed by atoms with van der Waals surface area (Å²) in [6.07, 6.45) is 0.974. The van der Waals surface area contributed by atoms with Gasteiger partial charge in [-0.1, -0.05) is 24.3 Å². The van der Waals surface area contributed by atoms with E-state index in [0.717, 1.165) is 28.4 Å². The van der Waals surface area contributed by atoms with E-state index < -0.39 is 23.6 Å². The Morgan fingerprint density at radius 2 is 2.04 bits per heavy atom. The molecule has 1 unspecified atom stereocenters. The van der Waals surface area contributed by atoms with Gasteiger partial charge < -0.3 is 10.2 Å². The third kappa shape index (κ3) is 3.05. The SMILES string of the molecule is CCc1cc(=O)n2nc(NC3CCN(c4c(F)cccc4F)C3=O)sc2n1. The van der Waals surface area contributed by atoms with Crippen LogP contribution in [0.15, 0.2) is 29.1 Å². The summed E-state index contributed by atoms with van der Waals surface area (Å²) in [7, 11) is 0. The van der Waals surface area contributed by atoms with Gasteiger partial charge in [-0.15, -0.1) is 5.10 Å². The molecule has 3 heterocycles. The largest absolute Gasteiger partial charge is 0.348 e. The molecule has 3 aromatic rings. The minimum Gasteiger partial charge on any atom is -0.348 e. The van der Waals surface area contributed by atoms with Crippen molar-refractivity contribution in [3.8, 4) is 0 Å². The molecule has 0 saturated carbocycles. The second-order valence-electron chi connectivity index (χ2n) is 6.09. The van der Waals surface area contributed by atoms with Crippen LogP contribution < -0.4 is 15.8 Å². The lowest BCUT2D eigenvalue weighted by Crippen LogP contribution is -2.34. The van der Waals surface area contributed by atoms with Crippen molar-refractivity contribution >= 4 is 33.0 Å². The second-order valence-corrected chi connectivity index (χ2v) is 7.04. The third-order valence-electron chi connectivity index (χ3n) is 4.37. The summed E-state index contributed by atoms with van der Waals surface area (Å²) in [6, 6.07) is 4.21. The van der Waals surface area contributed by atoms with Gasteiger partial charge in [0.15, 0.2) is 0 Å². The lowest BCUT2D eigenvalue weighted by atomic mass is 10.2. The number of benzene rings is 1. The van der Waals surface area contributed by atoms with E-state index in [1.807, 2.05) is 6.92 Å². The zero-order chi connectivity index (χ0) is 19.1. The van der Waals surface area contributed by atoms with Crippen molar-refractivity contribution in [1.82, 2.24) is 14.6 Å². The van der Waals surface area contributed by atoms with Crippen molar-refractivity contribution in [2.75, 3.05) is 16.8 Å². The first-order chi connectivity index (χ1) is 13.0. The molecule has 1 aliphatic rings. The average molecular weight is 391 g/mol. The number of para-hydroxylation sites is 1. The number of aryl methyl sites for hydroxylation is 1. The number of hydrogen-bond acceptors (Lipinski definition) is 6. The molecular weight excluding hydrogens is 376 g/mol. The molecule has 1 fully saturated rings. The normalized spacial score (nSPS) is 17.1. The summed E-state index contributed by atoms with van der Waals surface area (Å²) in [4.78, 5) is 30.5. The monoisotopic (exact) mass is 391 g/mol. The summed E-state index contributed by atoms with van der Waals surface area (Å²) in [5.41, 5.74) is 0.0175. The Kier molecular flexibility index (Phi) is 4.34.